The molecule has 2 aromatic carbocycles. The molecule has 10 heteroatoms. The second-order valence-electron chi connectivity index (χ2n) is 7.34. The van der Waals surface area contributed by atoms with Crippen LogP contribution in [0.25, 0.3) is 0 Å². The summed E-state index contributed by atoms with van der Waals surface area (Å²) in [6.07, 6.45) is 0. The summed E-state index contributed by atoms with van der Waals surface area (Å²) in [5.41, 5.74) is 1.18. The van der Waals surface area contributed by atoms with Gasteiger partial charge in [-0.3, -0.25) is 29.0 Å². The summed E-state index contributed by atoms with van der Waals surface area (Å²) in [5.74, 6) is -1.15. The van der Waals surface area contributed by atoms with Crippen LogP contribution in [0.2, 0.25) is 0 Å². The van der Waals surface area contributed by atoms with Gasteiger partial charge in [0.2, 0.25) is 10.2 Å². The van der Waals surface area contributed by atoms with Crippen LogP contribution in [0.5, 0.6) is 0 Å². The Morgan fingerprint density at radius 1 is 0.588 bits per heavy atom. The van der Waals surface area contributed by atoms with E-state index in [1.165, 1.54) is 0 Å². The molecule has 8 nitrogen and oxygen atoms in total. The number of rotatable bonds is 15. The van der Waals surface area contributed by atoms with Gasteiger partial charge < -0.3 is 10.2 Å². The Balaban J connectivity index is 1.83. The van der Waals surface area contributed by atoms with Crippen molar-refractivity contribution >= 4 is 45.7 Å². The number of hydrogen-bond donors (Lipinski definition) is 2. The van der Waals surface area contributed by atoms with E-state index in [4.69, 9.17) is 0 Å². The predicted octanol–water partition coefficient (Wildman–Crippen LogP) is 2.91. The van der Waals surface area contributed by atoms with Gasteiger partial charge in [0.25, 0.3) is 0 Å². The van der Waals surface area contributed by atoms with Gasteiger partial charge in [-0.25, -0.2) is 0 Å². The quantitative estimate of drug-likeness (QED) is 0.375. The first-order valence-electron chi connectivity index (χ1n) is 10.7. The highest BCUT2D eigenvalue weighted by Gasteiger charge is 2.16. The smallest absolute Gasteiger partial charge is 0.317 e. The van der Waals surface area contributed by atoms with E-state index in [1.807, 2.05) is 12.1 Å². The van der Waals surface area contributed by atoms with Gasteiger partial charge in [-0.1, -0.05) is 84.2 Å². The molecule has 0 aliphatic carbocycles. The minimum atomic E-state index is -0.992. The molecule has 0 heterocycles. The predicted molar refractivity (Wildman–Crippen MR) is 135 cm³/mol. The Hall–Kier alpha value is -2.66. The third-order valence-electron chi connectivity index (χ3n) is 4.75. The van der Waals surface area contributed by atoms with Gasteiger partial charge in [-0.05, 0) is 0 Å². The summed E-state index contributed by atoms with van der Waals surface area (Å²) in [5, 5.41) is 18.3. The number of benzene rings is 2. The summed E-state index contributed by atoms with van der Waals surface area (Å²) < 4.78 is 0. The fraction of sp³-hybridized carbons (Fsp3) is 0.333. The standard InChI is InChI=1S/C24H28N2O6S2/c27-21(28)17-25(13-15-33-23(31)19-7-3-1-4-8-19)11-12-26(18-22(29)30)14-16-34-24(32)20-9-5-2-6-10-20/h1-10H,11-18H2,(H,27,28)(H,29,30). The van der Waals surface area contributed by atoms with Crippen LogP contribution in [0, 0.1) is 0 Å². The monoisotopic (exact) mass is 504 g/mol. The molecule has 2 N–H and O–H groups in total. The Morgan fingerprint density at radius 2 is 0.941 bits per heavy atom. The highest BCUT2D eigenvalue weighted by Crippen LogP contribution is 2.13. The maximum atomic E-state index is 12.2. The SMILES string of the molecule is O=C(O)CN(CCSC(=O)c1ccccc1)CCN(CCSC(=O)c1ccccc1)CC(=O)O. The Morgan fingerprint density at radius 3 is 1.26 bits per heavy atom. The minimum absolute atomic E-state index is 0.0801. The molecule has 182 valence electrons. The molecule has 0 saturated heterocycles. The molecule has 0 radical (unpaired) electrons. The molecule has 0 atom stereocenters. The minimum Gasteiger partial charge on any atom is -0.480 e. The van der Waals surface area contributed by atoms with Gasteiger partial charge in [0.1, 0.15) is 0 Å². The Labute approximate surface area is 207 Å². The van der Waals surface area contributed by atoms with Crippen molar-refractivity contribution in [1.82, 2.24) is 9.80 Å². The number of thioether (sulfide) groups is 2. The molecule has 0 aliphatic heterocycles. The van der Waals surface area contributed by atoms with E-state index in [0.29, 0.717) is 48.8 Å². The zero-order valence-electron chi connectivity index (χ0n) is 18.7. The zero-order chi connectivity index (χ0) is 24.8. The summed E-state index contributed by atoms with van der Waals surface area (Å²) in [6.45, 7) is 0.994. The van der Waals surface area contributed by atoms with Gasteiger partial charge in [0.15, 0.2) is 0 Å². The number of carboxylic acids is 2. The number of nitrogens with zero attached hydrogens (tertiary/aromatic N) is 2. The van der Waals surface area contributed by atoms with Crippen molar-refractivity contribution in [2.45, 2.75) is 0 Å². The van der Waals surface area contributed by atoms with Crippen LogP contribution in [-0.4, -0.2) is 93.0 Å². The highest BCUT2D eigenvalue weighted by molar-refractivity contribution is 8.14. The van der Waals surface area contributed by atoms with E-state index >= 15 is 0 Å². The van der Waals surface area contributed by atoms with Gasteiger partial charge >= 0.3 is 11.9 Å². The molecule has 0 aromatic heterocycles. The molecule has 0 amide bonds. The van der Waals surface area contributed by atoms with Gasteiger partial charge in [0.05, 0.1) is 13.1 Å². The van der Waals surface area contributed by atoms with Crippen molar-refractivity contribution in [3.8, 4) is 0 Å². The number of carbonyl (C=O) groups excluding carboxylic acids is 2. The third kappa shape index (κ3) is 11.0. The molecule has 0 unspecified atom stereocenters. The second kappa shape index (κ2) is 15.3. The topological polar surface area (TPSA) is 115 Å². The van der Waals surface area contributed by atoms with E-state index < -0.39 is 11.9 Å². The van der Waals surface area contributed by atoms with Crippen molar-refractivity contribution in [2.24, 2.45) is 0 Å². The molecular formula is C24H28N2O6S2. The van der Waals surface area contributed by atoms with Crippen molar-refractivity contribution in [3.05, 3.63) is 71.8 Å². The number of carboxylic acid groups (broad SMARTS) is 2. The van der Waals surface area contributed by atoms with E-state index in [-0.39, 0.29) is 23.3 Å². The van der Waals surface area contributed by atoms with Crippen molar-refractivity contribution in [2.75, 3.05) is 50.8 Å². The lowest BCUT2D eigenvalue weighted by Gasteiger charge is -2.25. The first kappa shape index (κ1) is 27.6. The highest BCUT2D eigenvalue weighted by atomic mass is 32.2. The maximum Gasteiger partial charge on any atom is 0.317 e. The largest absolute Gasteiger partial charge is 0.480 e. The first-order valence-corrected chi connectivity index (χ1v) is 12.6. The van der Waals surface area contributed by atoms with Gasteiger partial charge in [0, 0.05) is 48.8 Å². The number of hydrogen-bond acceptors (Lipinski definition) is 8. The number of aliphatic carboxylic acids is 2. The third-order valence-corrected chi connectivity index (χ3v) is 6.52. The molecule has 34 heavy (non-hydrogen) atoms. The molecule has 0 bridgehead atoms. The fourth-order valence-corrected chi connectivity index (χ4v) is 4.73. The molecule has 2 aromatic rings. The van der Waals surface area contributed by atoms with Crippen LogP contribution in [-0.2, 0) is 9.59 Å². The first-order chi connectivity index (χ1) is 16.3. The van der Waals surface area contributed by atoms with Gasteiger partial charge in [-0.15, -0.1) is 0 Å². The fourth-order valence-electron chi connectivity index (χ4n) is 3.06. The van der Waals surface area contributed by atoms with E-state index in [0.717, 1.165) is 23.5 Å². The van der Waals surface area contributed by atoms with E-state index in [2.05, 4.69) is 0 Å². The van der Waals surface area contributed by atoms with Crippen LogP contribution in [0.3, 0.4) is 0 Å². The summed E-state index contributed by atoms with van der Waals surface area (Å²) in [7, 11) is 0. The average molecular weight is 505 g/mol. The summed E-state index contributed by atoms with van der Waals surface area (Å²) in [6, 6.07) is 17.7. The second-order valence-corrected chi connectivity index (χ2v) is 9.48. The van der Waals surface area contributed by atoms with E-state index in [9.17, 15) is 29.4 Å². The van der Waals surface area contributed by atoms with Crippen LogP contribution < -0.4 is 0 Å². The Kier molecular flexibility index (Phi) is 12.4. The normalized spacial score (nSPS) is 11.0. The Bertz CT molecular complexity index is 865. The van der Waals surface area contributed by atoms with Crippen LogP contribution in [0.1, 0.15) is 20.7 Å². The van der Waals surface area contributed by atoms with Crippen molar-refractivity contribution in [1.29, 1.82) is 0 Å². The lowest BCUT2D eigenvalue weighted by Crippen LogP contribution is -2.41. The molecular weight excluding hydrogens is 476 g/mol. The van der Waals surface area contributed by atoms with Crippen LogP contribution >= 0.6 is 23.5 Å². The van der Waals surface area contributed by atoms with Crippen molar-refractivity contribution in [3.63, 3.8) is 0 Å². The van der Waals surface area contributed by atoms with Crippen LogP contribution in [0.4, 0.5) is 0 Å². The molecule has 0 aliphatic rings. The molecule has 0 spiro atoms. The van der Waals surface area contributed by atoms with E-state index in [1.54, 1.807) is 58.3 Å². The average Bonchev–Trinajstić information content (AvgIpc) is 2.82. The molecule has 2 rings (SSSR count). The zero-order valence-corrected chi connectivity index (χ0v) is 20.3. The summed E-state index contributed by atoms with van der Waals surface area (Å²) in [4.78, 5) is 50.4. The lowest BCUT2D eigenvalue weighted by molar-refractivity contribution is -0.140. The summed E-state index contributed by atoms with van der Waals surface area (Å²) >= 11 is 2.25. The van der Waals surface area contributed by atoms with Crippen molar-refractivity contribution < 1.29 is 29.4 Å². The van der Waals surface area contributed by atoms with Gasteiger partial charge in [-0.2, -0.15) is 0 Å². The maximum absolute atomic E-state index is 12.2. The molecule has 0 saturated carbocycles. The number of carbonyl (C=O) groups is 4. The van der Waals surface area contributed by atoms with Crippen LogP contribution in [0.15, 0.2) is 60.7 Å². The lowest BCUT2D eigenvalue weighted by atomic mass is 10.2. The molecule has 0 fully saturated rings.